The van der Waals surface area contributed by atoms with Crippen molar-refractivity contribution in [1.82, 2.24) is 25.3 Å². The standard InChI is InChI=1S/C18H21N5O/c1-12-11-13(2)21-17(20-12)9-10-19-18(24)8-7-16-22-14-5-3-4-6-15(14)23-16/h3-6,11H,7-10H2,1-2H3,(H,19,24)(H,22,23). The topological polar surface area (TPSA) is 83.6 Å². The van der Waals surface area contributed by atoms with E-state index in [0.717, 1.165) is 34.1 Å². The summed E-state index contributed by atoms with van der Waals surface area (Å²) in [4.78, 5) is 28.4. The normalized spacial score (nSPS) is 10.9. The van der Waals surface area contributed by atoms with Crippen molar-refractivity contribution in [2.75, 3.05) is 6.54 Å². The number of para-hydroxylation sites is 2. The van der Waals surface area contributed by atoms with Crippen LogP contribution in [0.1, 0.15) is 29.5 Å². The minimum absolute atomic E-state index is 0.0137. The van der Waals surface area contributed by atoms with Gasteiger partial charge in [0.2, 0.25) is 5.91 Å². The monoisotopic (exact) mass is 323 g/mol. The van der Waals surface area contributed by atoms with Crippen molar-refractivity contribution in [3.8, 4) is 0 Å². The van der Waals surface area contributed by atoms with Gasteiger partial charge in [-0.25, -0.2) is 15.0 Å². The highest BCUT2D eigenvalue weighted by atomic mass is 16.1. The summed E-state index contributed by atoms with van der Waals surface area (Å²) < 4.78 is 0. The Balaban J connectivity index is 1.45. The van der Waals surface area contributed by atoms with Crippen LogP contribution in [-0.2, 0) is 17.6 Å². The van der Waals surface area contributed by atoms with Crippen molar-refractivity contribution >= 4 is 16.9 Å². The summed E-state index contributed by atoms with van der Waals surface area (Å²) in [5.41, 5.74) is 3.84. The molecular weight excluding hydrogens is 302 g/mol. The van der Waals surface area contributed by atoms with Gasteiger partial charge in [-0.3, -0.25) is 4.79 Å². The van der Waals surface area contributed by atoms with E-state index < -0.39 is 0 Å². The van der Waals surface area contributed by atoms with Gasteiger partial charge in [-0.2, -0.15) is 0 Å². The number of carbonyl (C=O) groups excluding carboxylic acids is 1. The number of nitrogens with one attached hydrogen (secondary N) is 2. The fourth-order valence-corrected chi connectivity index (χ4v) is 2.67. The first-order chi connectivity index (χ1) is 11.6. The summed E-state index contributed by atoms with van der Waals surface area (Å²) in [5.74, 6) is 1.62. The Hall–Kier alpha value is -2.76. The minimum Gasteiger partial charge on any atom is -0.356 e. The molecule has 0 bridgehead atoms. The molecule has 0 saturated carbocycles. The van der Waals surface area contributed by atoms with Crippen LogP contribution in [0.2, 0.25) is 0 Å². The first-order valence-electron chi connectivity index (χ1n) is 8.11. The number of hydrogen-bond acceptors (Lipinski definition) is 4. The number of aromatic nitrogens is 4. The highest BCUT2D eigenvalue weighted by Crippen LogP contribution is 2.11. The zero-order valence-corrected chi connectivity index (χ0v) is 14.0. The van der Waals surface area contributed by atoms with Crippen LogP contribution in [0, 0.1) is 13.8 Å². The van der Waals surface area contributed by atoms with E-state index in [1.165, 1.54) is 0 Å². The number of nitrogens with zero attached hydrogens (tertiary/aromatic N) is 3. The number of fused-ring (bicyclic) bond motifs is 1. The van der Waals surface area contributed by atoms with Gasteiger partial charge in [0.1, 0.15) is 11.6 Å². The fraction of sp³-hybridized carbons (Fsp3) is 0.333. The Labute approximate surface area is 140 Å². The van der Waals surface area contributed by atoms with Gasteiger partial charge in [0, 0.05) is 37.2 Å². The highest BCUT2D eigenvalue weighted by Gasteiger charge is 2.07. The van der Waals surface area contributed by atoms with Gasteiger partial charge in [-0.05, 0) is 32.0 Å². The molecule has 1 aromatic carbocycles. The molecule has 0 fully saturated rings. The maximum Gasteiger partial charge on any atom is 0.220 e. The van der Waals surface area contributed by atoms with Crippen LogP contribution in [0.15, 0.2) is 30.3 Å². The summed E-state index contributed by atoms with van der Waals surface area (Å²) in [7, 11) is 0. The van der Waals surface area contributed by atoms with E-state index in [1.807, 2.05) is 44.2 Å². The average Bonchev–Trinajstić information content (AvgIpc) is 2.95. The number of aryl methyl sites for hydroxylation is 3. The van der Waals surface area contributed by atoms with Gasteiger partial charge in [0.05, 0.1) is 11.0 Å². The number of hydrogen-bond donors (Lipinski definition) is 2. The second kappa shape index (κ2) is 7.21. The van der Waals surface area contributed by atoms with E-state index in [1.54, 1.807) is 0 Å². The Morgan fingerprint density at radius 3 is 2.58 bits per heavy atom. The number of amides is 1. The highest BCUT2D eigenvalue weighted by molar-refractivity contribution is 5.77. The molecule has 0 aliphatic heterocycles. The van der Waals surface area contributed by atoms with E-state index in [2.05, 4.69) is 25.3 Å². The lowest BCUT2D eigenvalue weighted by atomic mass is 10.2. The van der Waals surface area contributed by atoms with Crippen molar-refractivity contribution in [2.24, 2.45) is 0 Å². The lowest BCUT2D eigenvalue weighted by molar-refractivity contribution is -0.121. The second-order valence-electron chi connectivity index (χ2n) is 5.87. The van der Waals surface area contributed by atoms with Crippen LogP contribution in [0.5, 0.6) is 0 Å². The molecule has 0 spiro atoms. The van der Waals surface area contributed by atoms with Gasteiger partial charge >= 0.3 is 0 Å². The molecule has 2 aromatic heterocycles. The van der Waals surface area contributed by atoms with Gasteiger partial charge in [-0.1, -0.05) is 12.1 Å². The number of carbonyl (C=O) groups is 1. The van der Waals surface area contributed by atoms with Crippen LogP contribution in [-0.4, -0.2) is 32.4 Å². The molecule has 24 heavy (non-hydrogen) atoms. The Bertz CT molecular complexity index is 802. The first kappa shape index (κ1) is 16.1. The maximum atomic E-state index is 12.0. The van der Waals surface area contributed by atoms with Crippen LogP contribution >= 0.6 is 0 Å². The molecule has 0 aliphatic carbocycles. The van der Waals surface area contributed by atoms with Gasteiger partial charge in [0.25, 0.3) is 0 Å². The SMILES string of the molecule is Cc1cc(C)nc(CCNC(=O)CCc2nc3ccccc3[nH]2)n1. The molecule has 1 amide bonds. The molecule has 6 heteroatoms. The average molecular weight is 323 g/mol. The van der Waals surface area contributed by atoms with Crippen LogP contribution in [0.4, 0.5) is 0 Å². The predicted molar refractivity (Wildman–Crippen MR) is 92.6 cm³/mol. The van der Waals surface area contributed by atoms with Crippen molar-refractivity contribution < 1.29 is 4.79 Å². The van der Waals surface area contributed by atoms with E-state index >= 15 is 0 Å². The first-order valence-corrected chi connectivity index (χ1v) is 8.11. The molecule has 2 N–H and O–H groups in total. The Morgan fingerprint density at radius 1 is 1.08 bits per heavy atom. The summed E-state index contributed by atoms with van der Waals surface area (Å²) >= 11 is 0. The van der Waals surface area contributed by atoms with Crippen molar-refractivity contribution in [3.63, 3.8) is 0 Å². The molecule has 0 saturated heterocycles. The summed E-state index contributed by atoms with van der Waals surface area (Å²) in [6.07, 6.45) is 1.65. The molecule has 0 atom stereocenters. The lowest BCUT2D eigenvalue weighted by Crippen LogP contribution is -2.26. The number of imidazole rings is 1. The summed E-state index contributed by atoms with van der Waals surface area (Å²) in [6.45, 7) is 4.44. The third kappa shape index (κ3) is 4.16. The molecule has 6 nitrogen and oxygen atoms in total. The third-order valence-electron chi connectivity index (χ3n) is 3.73. The number of benzene rings is 1. The Morgan fingerprint density at radius 2 is 1.83 bits per heavy atom. The largest absolute Gasteiger partial charge is 0.356 e. The third-order valence-corrected chi connectivity index (χ3v) is 3.73. The van der Waals surface area contributed by atoms with Crippen LogP contribution < -0.4 is 5.32 Å². The van der Waals surface area contributed by atoms with Crippen molar-refractivity contribution in [2.45, 2.75) is 33.1 Å². The molecule has 2 heterocycles. The van der Waals surface area contributed by atoms with Gasteiger partial charge < -0.3 is 10.3 Å². The van der Waals surface area contributed by atoms with Gasteiger partial charge in [0.15, 0.2) is 0 Å². The smallest absolute Gasteiger partial charge is 0.220 e. The molecule has 3 aromatic rings. The molecule has 3 rings (SSSR count). The minimum atomic E-state index is 0.0137. The molecule has 0 radical (unpaired) electrons. The number of H-pyrrole nitrogens is 1. The molecule has 0 aliphatic rings. The van der Waals surface area contributed by atoms with Crippen molar-refractivity contribution in [3.05, 3.63) is 53.4 Å². The lowest BCUT2D eigenvalue weighted by Gasteiger charge is -2.05. The number of aromatic amines is 1. The van der Waals surface area contributed by atoms with E-state index in [0.29, 0.717) is 25.8 Å². The predicted octanol–water partition coefficient (Wildman–Crippen LogP) is 2.26. The van der Waals surface area contributed by atoms with Crippen molar-refractivity contribution in [1.29, 1.82) is 0 Å². The molecule has 0 unspecified atom stereocenters. The van der Waals surface area contributed by atoms with Gasteiger partial charge in [-0.15, -0.1) is 0 Å². The summed E-state index contributed by atoms with van der Waals surface area (Å²) in [5, 5.41) is 2.91. The van der Waals surface area contributed by atoms with E-state index in [4.69, 9.17) is 0 Å². The van der Waals surface area contributed by atoms with Crippen LogP contribution in [0.25, 0.3) is 11.0 Å². The number of rotatable bonds is 6. The maximum absolute atomic E-state index is 12.0. The van der Waals surface area contributed by atoms with E-state index in [9.17, 15) is 4.79 Å². The second-order valence-corrected chi connectivity index (χ2v) is 5.87. The Kier molecular flexibility index (Phi) is 4.84. The zero-order valence-electron chi connectivity index (χ0n) is 14.0. The van der Waals surface area contributed by atoms with E-state index in [-0.39, 0.29) is 5.91 Å². The summed E-state index contributed by atoms with van der Waals surface area (Å²) in [6, 6.07) is 9.80. The zero-order chi connectivity index (χ0) is 16.9. The van der Waals surface area contributed by atoms with Crippen LogP contribution in [0.3, 0.4) is 0 Å². The molecule has 124 valence electrons. The quantitative estimate of drug-likeness (QED) is 0.729. The molecular formula is C18H21N5O. The fourth-order valence-electron chi connectivity index (χ4n) is 2.67.